The lowest BCUT2D eigenvalue weighted by Crippen LogP contribution is -2.45. The number of hydrogen-bond acceptors (Lipinski definition) is 4. The molecule has 0 saturated carbocycles. The summed E-state index contributed by atoms with van der Waals surface area (Å²) in [6.45, 7) is 9.91. The molecular formula is C13H24N2O2. The first kappa shape index (κ1) is 12.8. The van der Waals surface area contributed by atoms with Gasteiger partial charge in [0.05, 0.1) is 6.61 Å². The molecule has 2 aliphatic heterocycles. The number of fused-ring (bicyclic) bond motifs is 1. The second-order valence-corrected chi connectivity index (χ2v) is 5.20. The smallest absolute Gasteiger partial charge is 0.323 e. The fourth-order valence-electron chi connectivity index (χ4n) is 3.39. The number of rotatable bonds is 4. The van der Waals surface area contributed by atoms with Gasteiger partial charge in [0.1, 0.15) is 6.04 Å². The van der Waals surface area contributed by atoms with Crippen LogP contribution in [0.15, 0.2) is 0 Å². The van der Waals surface area contributed by atoms with Crippen LogP contribution in [0.5, 0.6) is 0 Å². The Morgan fingerprint density at radius 2 is 2.24 bits per heavy atom. The lowest BCUT2D eigenvalue weighted by atomic mass is 9.95. The molecule has 4 unspecified atom stereocenters. The quantitative estimate of drug-likeness (QED) is 0.740. The number of likely N-dealkylation sites (tertiary alicyclic amines) is 1. The van der Waals surface area contributed by atoms with Crippen molar-refractivity contribution in [2.45, 2.75) is 39.3 Å². The van der Waals surface area contributed by atoms with Crippen LogP contribution in [0.3, 0.4) is 0 Å². The van der Waals surface area contributed by atoms with Crippen molar-refractivity contribution in [1.82, 2.24) is 10.2 Å². The van der Waals surface area contributed by atoms with Crippen molar-refractivity contribution in [3.63, 3.8) is 0 Å². The van der Waals surface area contributed by atoms with Crippen molar-refractivity contribution in [3.05, 3.63) is 0 Å². The van der Waals surface area contributed by atoms with Gasteiger partial charge in [-0.25, -0.2) is 0 Å². The molecule has 0 amide bonds. The van der Waals surface area contributed by atoms with Crippen molar-refractivity contribution < 1.29 is 9.53 Å². The van der Waals surface area contributed by atoms with E-state index < -0.39 is 0 Å². The summed E-state index contributed by atoms with van der Waals surface area (Å²) in [7, 11) is 0. The van der Waals surface area contributed by atoms with E-state index in [-0.39, 0.29) is 12.0 Å². The van der Waals surface area contributed by atoms with Gasteiger partial charge in [0, 0.05) is 12.6 Å². The molecule has 4 atom stereocenters. The summed E-state index contributed by atoms with van der Waals surface area (Å²) in [5, 5.41) is 3.44. The fourth-order valence-corrected chi connectivity index (χ4v) is 3.39. The van der Waals surface area contributed by atoms with Crippen LogP contribution >= 0.6 is 0 Å². The highest BCUT2D eigenvalue weighted by Gasteiger charge is 2.45. The lowest BCUT2D eigenvalue weighted by molar-refractivity contribution is -0.150. The summed E-state index contributed by atoms with van der Waals surface area (Å²) < 4.78 is 5.18. The van der Waals surface area contributed by atoms with Gasteiger partial charge in [-0.15, -0.1) is 0 Å². The van der Waals surface area contributed by atoms with E-state index in [4.69, 9.17) is 4.74 Å². The van der Waals surface area contributed by atoms with Gasteiger partial charge < -0.3 is 10.1 Å². The highest BCUT2D eigenvalue weighted by Crippen LogP contribution is 2.34. The zero-order chi connectivity index (χ0) is 12.4. The van der Waals surface area contributed by atoms with Crippen molar-refractivity contribution in [1.29, 1.82) is 0 Å². The van der Waals surface area contributed by atoms with E-state index in [0.717, 1.165) is 26.1 Å². The topological polar surface area (TPSA) is 41.6 Å². The van der Waals surface area contributed by atoms with Crippen molar-refractivity contribution >= 4 is 5.97 Å². The molecule has 2 saturated heterocycles. The molecule has 0 aromatic heterocycles. The van der Waals surface area contributed by atoms with Crippen LogP contribution in [0.4, 0.5) is 0 Å². The van der Waals surface area contributed by atoms with Gasteiger partial charge in [-0.05, 0) is 45.2 Å². The molecule has 17 heavy (non-hydrogen) atoms. The van der Waals surface area contributed by atoms with Gasteiger partial charge in [-0.2, -0.15) is 0 Å². The first-order valence-corrected chi connectivity index (χ1v) is 6.82. The molecule has 0 spiro atoms. The fraction of sp³-hybridized carbons (Fsp3) is 0.923. The lowest BCUT2D eigenvalue weighted by Gasteiger charge is -2.30. The van der Waals surface area contributed by atoms with Crippen LogP contribution in [-0.2, 0) is 9.53 Å². The Kier molecular flexibility index (Phi) is 4.05. The number of carbonyl (C=O) groups is 1. The third-order valence-electron chi connectivity index (χ3n) is 4.33. The largest absolute Gasteiger partial charge is 0.465 e. The maximum Gasteiger partial charge on any atom is 0.323 e. The molecule has 0 aliphatic carbocycles. The molecule has 98 valence electrons. The minimum Gasteiger partial charge on any atom is -0.465 e. The van der Waals surface area contributed by atoms with E-state index in [1.54, 1.807) is 0 Å². The van der Waals surface area contributed by atoms with Gasteiger partial charge in [0.25, 0.3) is 0 Å². The summed E-state index contributed by atoms with van der Waals surface area (Å²) in [4.78, 5) is 14.3. The number of nitrogens with zero attached hydrogens (tertiary/aromatic N) is 1. The number of hydrogen-bond donors (Lipinski definition) is 1. The molecule has 4 nitrogen and oxygen atoms in total. The minimum absolute atomic E-state index is 0.0458. The van der Waals surface area contributed by atoms with Crippen LogP contribution in [-0.4, -0.2) is 49.2 Å². The second kappa shape index (κ2) is 5.36. The van der Waals surface area contributed by atoms with Crippen molar-refractivity contribution in [2.75, 3.05) is 26.2 Å². The first-order valence-electron chi connectivity index (χ1n) is 6.82. The third-order valence-corrected chi connectivity index (χ3v) is 4.33. The molecule has 4 heteroatoms. The van der Waals surface area contributed by atoms with Crippen molar-refractivity contribution in [3.8, 4) is 0 Å². The summed E-state index contributed by atoms with van der Waals surface area (Å²) in [6.07, 6.45) is 0.843. The van der Waals surface area contributed by atoms with Crippen molar-refractivity contribution in [2.24, 2.45) is 11.8 Å². The van der Waals surface area contributed by atoms with Crippen LogP contribution in [0.2, 0.25) is 0 Å². The molecule has 2 fully saturated rings. The number of nitrogens with one attached hydrogen (secondary N) is 1. The third kappa shape index (κ3) is 2.33. The van der Waals surface area contributed by atoms with Gasteiger partial charge in [0.15, 0.2) is 0 Å². The second-order valence-electron chi connectivity index (χ2n) is 5.20. The van der Waals surface area contributed by atoms with Crippen LogP contribution in [0.1, 0.15) is 27.2 Å². The number of ether oxygens (including phenoxy) is 1. The average molecular weight is 240 g/mol. The Labute approximate surface area is 104 Å². The molecular weight excluding hydrogens is 216 g/mol. The zero-order valence-electron chi connectivity index (χ0n) is 11.1. The maximum absolute atomic E-state index is 11.9. The molecule has 0 radical (unpaired) electrons. The summed E-state index contributed by atoms with van der Waals surface area (Å²) in [5.41, 5.74) is 0. The summed E-state index contributed by atoms with van der Waals surface area (Å²) >= 11 is 0. The Hall–Kier alpha value is -0.610. The number of esters is 1. The van der Waals surface area contributed by atoms with Gasteiger partial charge in [0.2, 0.25) is 0 Å². The molecule has 0 bridgehead atoms. The number of carbonyl (C=O) groups excluding carboxylic acids is 1. The Morgan fingerprint density at radius 3 is 2.82 bits per heavy atom. The predicted molar refractivity (Wildman–Crippen MR) is 66.7 cm³/mol. The van der Waals surface area contributed by atoms with E-state index in [1.165, 1.54) is 0 Å². The van der Waals surface area contributed by atoms with E-state index in [0.29, 0.717) is 24.5 Å². The first-order chi connectivity index (χ1) is 8.19. The Bertz CT molecular complexity index is 283. The Morgan fingerprint density at radius 1 is 1.47 bits per heavy atom. The zero-order valence-corrected chi connectivity index (χ0v) is 11.1. The summed E-state index contributed by atoms with van der Waals surface area (Å²) in [5.74, 6) is 1.38. The molecule has 2 rings (SSSR count). The van der Waals surface area contributed by atoms with Gasteiger partial charge >= 0.3 is 5.97 Å². The molecule has 0 aromatic rings. The highest BCUT2D eigenvalue weighted by molar-refractivity contribution is 5.75. The molecule has 0 aromatic carbocycles. The van der Waals surface area contributed by atoms with E-state index in [1.807, 2.05) is 6.92 Å². The highest BCUT2D eigenvalue weighted by atomic mass is 16.5. The van der Waals surface area contributed by atoms with Gasteiger partial charge in [-0.3, -0.25) is 9.69 Å². The van der Waals surface area contributed by atoms with Gasteiger partial charge in [-0.1, -0.05) is 6.92 Å². The van der Waals surface area contributed by atoms with E-state index in [9.17, 15) is 4.79 Å². The molecule has 1 N–H and O–H groups in total. The minimum atomic E-state index is -0.0465. The standard InChI is InChI=1S/C13H24N2O2/c1-4-12(13(16)17-5-2)15-8-10-6-14-7-11(10)9(15)3/h9-12,14H,4-8H2,1-3H3. The van der Waals surface area contributed by atoms with Crippen LogP contribution < -0.4 is 5.32 Å². The molecule has 2 heterocycles. The molecule has 2 aliphatic rings. The monoisotopic (exact) mass is 240 g/mol. The summed E-state index contributed by atoms with van der Waals surface area (Å²) in [6, 6.07) is 0.444. The Balaban J connectivity index is 2.03. The van der Waals surface area contributed by atoms with E-state index in [2.05, 4.69) is 24.1 Å². The average Bonchev–Trinajstić information content (AvgIpc) is 2.85. The van der Waals surface area contributed by atoms with E-state index >= 15 is 0 Å². The normalized spacial score (nSPS) is 34.6. The SMILES string of the molecule is CCOC(=O)C(CC)N1CC2CNCC2C1C. The predicted octanol–water partition coefficient (Wildman–Crippen LogP) is 0.868. The van der Waals surface area contributed by atoms with Crippen LogP contribution in [0.25, 0.3) is 0 Å². The maximum atomic E-state index is 11.9. The van der Waals surface area contributed by atoms with Crippen LogP contribution in [0, 0.1) is 11.8 Å².